The molecule has 158 valence electrons. The Kier molecular flexibility index (Phi) is 16.3. The summed E-state index contributed by atoms with van der Waals surface area (Å²) >= 11 is 0. The molecule has 0 spiro atoms. The molecule has 0 atom stereocenters. The molecular weight excluding hydrogens is 352 g/mol. The third kappa shape index (κ3) is 15.3. The van der Waals surface area contributed by atoms with Gasteiger partial charge in [-0.15, -0.1) is 0 Å². The van der Waals surface area contributed by atoms with Crippen LogP contribution in [0.4, 0.5) is 13.2 Å². The maximum Gasteiger partial charge on any atom is 0.389 e. The fourth-order valence-electron chi connectivity index (χ4n) is 4.02. The Bertz CT molecular complexity index is 290. The molecule has 0 aliphatic carbocycles. The summed E-state index contributed by atoms with van der Waals surface area (Å²) in [6.45, 7) is 6.84. The van der Waals surface area contributed by atoms with E-state index < -0.39 is 19.9 Å². The molecule has 0 aromatic rings. The normalized spacial score (nSPS) is 12.7. The zero-order valence-corrected chi connectivity index (χ0v) is 18.7. The molecular formula is C22H45F3P+. The van der Waals surface area contributed by atoms with Crippen molar-refractivity contribution in [2.75, 3.05) is 24.6 Å². The summed E-state index contributed by atoms with van der Waals surface area (Å²) in [5.74, 6) is 0. The van der Waals surface area contributed by atoms with Crippen LogP contribution in [0.3, 0.4) is 0 Å². The van der Waals surface area contributed by atoms with Crippen molar-refractivity contribution in [3.63, 3.8) is 0 Å². The monoisotopic (exact) mass is 397 g/mol. The van der Waals surface area contributed by atoms with Gasteiger partial charge in [-0.2, -0.15) is 13.2 Å². The number of hydrogen-bond acceptors (Lipinski definition) is 0. The van der Waals surface area contributed by atoms with E-state index in [1.807, 2.05) is 0 Å². The summed E-state index contributed by atoms with van der Waals surface area (Å²) in [5, 5.41) is 0. The first-order valence-electron chi connectivity index (χ1n) is 11.3. The lowest BCUT2D eigenvalue weighted by Crippen LogP contribution is -2.13. The third-order valence-corrected chi connectivity index (χ3v) is 10.7. The van der Waals surface area contributed by atoms with Gasteiger partial charge in [-0.25, -0.2) is 0 Å². The Morgan fingerprint density at radius 1 is 0.500 bits per heavy atom. The topological polar surface area (TPSA) is 0 Å². The molecule has 0 unspecified atom stereocenters. The van der Waals surface area contributed by atoms with Crippen molar-refractivity contribution in [2.45, 2.75) is 117 Å². The van der Waals surface area contributed by atoms with Crippen molar-refractivity contribution < 1.29 is 13.2 Å². The molecule has 0 saturated heterocycles. The van der Waals surface area contributed by atoms with Crippen molar-refractivity contribution in [1.82, 2.24) is 0 Å². The van der Waals surface area contributed by atoms with Crippen molar-refractivity contribution in [3.8, 4) is 0 Å². The molecule has 0 bridgehead atoms. The van der Waals surface area contributed by atoms with Gasteiger partial charge in [-0.1, -0.05) is 52.9 Å². The quantitative estimate of drug-likeness (QED) is 0.160. The van der Waals surface area contributed by atoms with Gasteiger partial charge < -0.3 is 0 Å². The van der Waals surface area contributed by atoms with Crippen LogP contribution >= 0.6 is 7.26 Å². The molecule has 0 fully saturated rings. The smallest absolute Gasteiger partial charge is 0.171 e. The second-order valence-corrected chi connectivity index (χ2v) is 12.6. The molecule has 0 aliphatic rings. The van der Waals surface area contributed by atoms with Gasteiger partial charge in [-0.3, -0.25) is 0 Å². The standard InChI is InChI=1S/C22H45F3P/c1-4-7-9-14-19-26(18-6-3,20-15-10-8-5-2)21-16-12-11-13-17-22(23,24)25/h4-21H2,1-3H3/q+1. The summed E-state index contributed by atoms with van der Waals surface area (Å²) in [7, 11) is -0.880. The summed E-state index contributed by atoms with van der Waals surface area (Å²) in [6.07, 6.45) is 16.3. The molecule has 0 aromatic carbocycles. The lowest BCUT2D eigenvalue weighted by atomic mass is 10.1. The summed E-state index contributed by atoms with van der Waals surface area (Å²) in [4.78, 5) is 0. The minimum absolute atomic E-state index is 0.315. The average Bonchev–Trinajstić information content (AvgIpc) is 2.58. The first kappa shape index (κ1) is 26.2. The van der Waals surface area contributed by atoms with Gasteiger partial charge in [0.25, 0.3) is 0 Å². The summed E-state index contributed by atoms with van der Waals surface area (Å²) in [5.41, 5.74) is 0. The highest BCUT2D eigenvalue weighted by molar-refractivity contribution is 7.75. The van der Waals surface area contributed by atoms with Gasteiger partial charge in [0.2, 0.25) is 0 Å². The van der Waals surface area contributed by atoms with E-state index >= 15 is 0 Å². The van der Waals surface area contributed by atoms with E-state index in [1.165, 1.54) is 82.4 Å². The van der Waals surface area contributed by atoms with Crippen LogP contribution in [0.25, 0.3) is 0 Å². The zero-order chi connectivity index (χ0) is 19.7. The van der Waals surface area contributed by atoms with E-state index in [-0.39, 0.29) is 0 Å². The molecule has 0 aromatic heterocycles. The van der Waals surface area contributed by atoms with E-state index in [2.05, 4.69) is 20.8 Å². The predicted molar refractivity (Wildman–Crippen MR) is 114 cm³/mol. The highest BCUT2D eigenvalue weighted by atomic mass is 31.2. The Hall–Kier alpha value is 0.220. The lowest BCUT2D eigenvalue weighted by Gasteiger charge is -2.28. The van der Waals surface area contributed by atoms with E-state index in [9.17, 15) is 13.2 Å². The molecule has 0 radical (unpaired) electrons. The van der Waals surface area contributed by atoms with E-state index in [1.54, 1.807) is 0 Å². The fourth-order valence-corrected chi connectivity index (χ4v) is 8.99. The second-order valence-electron chi connectivity index (χ2n) is 8.14. The van der Waals surface area contributed by atoms with Crippen molar-refractivity contribution in [1.29, 1.82) is 0 Å². The van der Waals surface area contributed by atoms with Crippen LogP contribution in [0, 0.1) is 0 Å². The van der Waals surface area contributed by atoms with Crippen molar-refractivity contribution >= 4 is 7.26 Å². The highest BCUT2D eigenvalue weighted by Gasteiger charge is 2.34. The van der Waals surface area contributed by atoms with Crippen LogP contribution in [-0.4, -0.2) is 30.8 Å². The Morgan fingerprint density at radius 2 is 0.923 bits per heavy atom. The largest absolute Gasteiger partial charge is 0.389 e. The lowest BCUT2D eigenvalue weighted by molar-refractivity contribution is -0.135. The number of rotatable bonds is 18. The molecule has 0 aliphatic heterocycles. The van der Waals surface area contributed by atoms with Crippen LogP contribution in [0.1, 0.15) is 111 Å². The van der Waals surface area contributed by atoms with Gasteiger partial charge in [0.05, 0.1) is 24.6 Å². The number of alkyl halides is 3. The van der Waals surface area contributed by atoms with Crippen LogP contribution in [0.15, 0.2) is 0 Å². The Labute approximate surface area is 162 Å². The Balaban J connectivity index is 4.40. The average molecular weight is 398 g/mol. The number of unbranched alkanes of at least 4 members (excludes halogenated alkanes) is 9. The molecule has 4 heteroatoms. The van der Waals surface area contributed by atoms with Crippen molar-refractivity contribution in [3.05, 3.63) is 0 Å². The van der Waals surface area contributed by atoms with E-state index in [0.717, 1.165) is 19.3 Å². The zero-order valence-electron chi connectivity index (χ0n) is 17.8. The van der Waals surface area contributed by atoms with Crippen LogP contribution in [0.2, 0.25) is 0 Å². The van der Waals surface area contributed by atoms with Crippen molar-refractivity contribution in [2.24, 2.45) is 0 Å². The van der Waals surface area contributed by atoms with Crippen LogP contribution < -0.4 is 0 Å². The summed E-state index contributed by atoms with van der Waals surface area (Å²) in [6, 6.07) is 0. The van der Waals surface area contributed by atoms with Crippen LogP contribution in [-0.2, 0) is 0 Å². The van der Waals surface area contributed by atoms with Gasteiger partial charge in [0.15, 0.2) is 0 Å². The van der Waals surface area contributed by atoms with E-state index in [0.29, 0.717) is 6.42 Å². The maximum atomic E-state index is 12.3. The maximum absolute atomic E-state index is 12.3. The fraction of sp³-hybridized carbons (Fsp3) is 1.00. The molecule has 0 heterocycles. The third-order valence-electron chi connectivity index (χ3n) is 5.51. The molecule has 0 nitrogen and oxygen atoms in total. The van der Waals surface area contributed by atoms with Gasteiger partial charge >= 0.3 is 6.18 Å². The van der Waals surface area contributed by atoms with Crippen LogP contribution in [0.5, 0.6) is 0 Å². The first-order chi connectivity index (χ1) is 12.4. The molecule has 26 heavy (non-hydrogen) atoms. The SMILES string of the molecule is CCCCCC[P+](CCC)(CCCCCC)CCCCCCC(F)(F)F. The minimum atomic E-state index is -3.97. The molecule has 0 saturated carbocycles. The highest BCUT2D eigenvalue weighted by Crippen LogP contribution is 2.61. The second kappa shape index (κ2) is 16.2. The number of hydrogen-bond donors (Lipinski definition) is 0. The minimum Gasteiger partial charge on any atom is -0.171 e. The molecule has 0 N–H and O–H groups in total. The summed E-state index contributed by atoms with van der Waals surface area (Å²) < 4.78 is 36.8. The van der Waals surface area contributed by atoms with Gasteiger partial charge in [0, 0.05) is 13.7 Å². The first-order valence-corrected chi connectivity index (χ1v) is 13.8. The molecule has 0 amide bonds. The molecule has 0 rings (SSSR count). The predicted octanol–water partition coefficient (Wildman–Crippen LogP) is 9.09. The van der Waals surface area contributed by atoms with E-state index in [4.69, 9.17) is 0 Å². The van der Waals surface area contributed by atoms with Gasteiger partial charge in [0.1, 0.15) is 0 Å². The Morgan fingerprint density at radius 3 is 1.31 bits per heavy atom. The van der Waals surface area contributed by atoms with Gasteiger partial charge in [-0.05, 0) is 51.4 Å². The number of halogens is 3.